The van der Waals surface area contributed by atoms with Crippen molar-refractivity contribution in [2.45, 2.75) is 19.8 Å². The van der Waals surface area contributed by atoms with Crippen LogP contribution in [-0.4, -0.2) is 67.5 Å². The zero-order valence-corrected chi connectivity index (χ0v) is 17.8. The van der Waals surface area contributed by atoms with Gasteiger partial charge in [-0.1, -0.05) is 0 Å². The highest BCUT2D eigenvalue weighted by molar-refractivity contribution is 7.80. The average Bonchev–Trinajstić information content (AvgIpc) is 3.22. The first kappa shape index (κ1) is 22.5. The second-order valence-electron chi connectivity index (χ2n) is 6.17. The molecule has 1 fully saturated rings. The number of amides is 1. The number of nitrogens with zero attached hydrogens (tertiary/aromatic N) is 2. The predicted molar refractivity (Wildman–Crippen MR) is 113 cm³/mol. The summed E-state index contributed by atoms with van der Waals surface area (Å²) in [6.07, 6.45) is 4.20. The maximum Gasteiger partial charge on any atom is 0.307 e. The van der Waals surface area contributed by atoms with E-state index in [1.54, 1.807) is 55.4 Å². The highest BCUT2D eigenvalue weighted by Gasteiger charge is 2.27. The third-order valence-electron chi connectivity index (χ3n) is 4.27. The average molecular weight is 422 g/mol. The van der Waals surface area contributed by atoms with Gasteiger partial charge in [-0.05, 0) is 49.8 Å². The normalized spacial score (nSPS) is 13.5. The van der Waals surface area contributed by atoms with E-state index < -0.39 is 0 Å². The zero-order chi connectivity index (χ0) is 21.2. The molecule has 1 N–H and O–H groups in total. The Morgan fingerprint density at radius 1 is 1.21 bits per heavy atom. The summed E-state index contributed by atoms with van der Waals surface area (Å²) in [5.74, 6) is 0.839. The molecule has 0 spiro atoms. The van der Waals surface area contributed by atoms with Crippen LogP contribution < -0.4 is 14.8 Å². The van der Waals surface area contributed by atoms with Crippen molar-refractivity contribution in [3.8, 4) is 11.5 Å². The van der Waals surface area contributed by atoms with Gasteiger partial charge in [0.05, 0.1) is 27.2 Å². The molecule has 0 bridgehead atoms. The lowest BCUT2D eigenvalue weighted by molar-refractivity contribution is -0.143. The van der Waals surface area contributed by atoms with Crippen LogP contribution in [0.4, 0.5) is 0 Å². The van der Waals surface area contributed by atoms with Crippen LogP contribution >= 0.6 is 12.2 Å². The molecule has 9 heteroatoms. The fraction of sp³-hybridized carbons (Fsp3) is 0.450. The highest BCUT2D eigenvalue weighted by atomic mass is 32.1. The summed E-state index contributed by atoms with van der Waals surface area (Å²) >= 11 is 5.38. The Hall–Kier alpha value is -2.81. The monoisotopic (exact) mass is 421 g/mol. The lowest BCUT2D eigenvalue weighted by Crippen LogP contribution is -2.49. The largest absolute Gasteiger partial charge is 0.497 e. The molecule has 158 valence electrons. The van der Waals surface area contributed by atoms with E-state index >= 15 is 0 Å². The van der Waals surface area contributed by atoms with Crippen LogP contribution in [0.15, 0.2) is 24.3 Å². The van der Waals surface area contributed by atoms with E-state index in [1.807, 2.05) is 0 Å². The van der Waals surface area contributed by atoms with Crippen molar-refractivity contribution in [2.75, 3.05) is 40.5 Å². The molecule has 1 aliphatic rings. The highest BCUT2D eigenvalue weighted by Crippen LogP contribution is 2.25. The van der Waals surface area contributed by atoms with Crippen molar-refractivity contribution in [2.24, 2.45) is 0 Å². The minimum Gasteiger partial charge on any atom is -0.497 e. The van der Waals surface area contributed by atoms with Crippen LogP contribution in [0.2, 0.25) is 0 Å². The molecule has 0 radical (unpaired) electrons. The van der Waals surface area contributed by atoms with Gasteiger partial charge in [-0.3, -0.25) is 14.6 Å². The van der Waals surface area contributed by atoms with Crippen molar-refractivity contribution < 1.29 is 23.8 Å². The number of methoxy groups -OCH3 is 2. The van der Waals surface area contributed by atoms with E-state index in [2.05, 4.69) is 5.32 Å². The van der Waals surface area contributed by atoms with Crippen molar-refractivity contribution in [3.63, 3.8) is 0 Å². The van der Waals surface area contributed by atoms with Crippen LogP contribution in [0.25, 0.3) is 6.08 Å². The van der Waals surface area contributed by atoms with E-state index in [4.69, 9.17) is 26.4 Å². The van der Waals surface area contributed by atoms with Crippen LogP contribution in [0.3, 0.4) is 0 Å². The molecule has 1 aromatic rings. The molecule has 1 saturated heterocycles. The van der Waals surface area contributed by atoms with Gasteiger partial charge >= 0.3 is 5.97 Å². The van der Waals surface area contributed by atoms with Gasteiger partial charge in [-0.25, -0.2) is 5.01 Å². The number of ether oxygens (including phenoxy) is 3. The zero-order valence-electron chi connectivity index (χ0n) is 17.0. The number of carbonyl (C=O) groups excluding carboxylic acids is 2. The number of esters is 1. The number of nitrogens with one attached hydrogen (secondary N) is 1. The van der Waals surface area contributed by atoms with E-state index in [-0.39, 0.29) is 18.3 Å². The Balaban J connectivity index is 1.98. The molecule has 29 heavy (non-hydrogen) atoms. The Morgan fingerprint density at radius 2 is 1.97 bits per heavy atom. The molecular weight excluding hydrogens is 394 g/mol. The van der Waals surface area contributed by atoms with Gasteiger partial charge in [0.2, 0.25) is 0 Å². The van der Waals surface area contributed by atoms with Gasteiger partial charge < -0.3 is 19.5 Å². The molecule has 0 aliphatic carbocycles. The van der Waals surface area contributed by atoms with E-state index in [1.165, 1.54) is 6.08 Å². The lowest BCUT2D eigenvalue weighted by atomic mass is 10.1. The van der Waals surface area contributed by atoms with Crippen molar-refractivity contribution in [1.82, 2.24) is 15.3 Å². The lowest BCUT2D eigenvalue weighted by Gasteiger charge is -2.29. The van der Waals surface area contributed by atoms with Gasteiger partial charge in [-0.2, -0.15) is 0 Å². The summed E-state index contributed by atoms with van der Waals surface area (Å²) in [6, 6.07) is 5.38. The molecule has 0 aromatic heterocycles. The van der Waals surface area contributed by atoms with Gasteiger partial charge in [0, 0.05) is 31.3 Å². The number of hydrogen-bond donors (Lipinski definition) is 1. The first-order valence-electron chi connectivity index (χ1n) is 9.42. The van der Waals surface area contributed by atoms with E-state index in [0.29, 0.717) is 42.9 Å². The van der Waals surface area contributed by atoms with Crippen molar-refractivity contribution in [3.05, 3.63) is 29.8 Å². The molecule has 1 amide bonds. The Kier molecular flexibility index (Phi) is 8.72. The third-order valence-corrected chi connectivity index (χ3v) is 4.63. The Morgan fingerprint density at radius 3 is 2.66 bits per heavy atom. The van der Waals surface area contributed by atoms with Crippen LogP contribution in [0.5, 0.6) is 11.5 Å². The summed E-state index contributed by atoms with van der Waals surface area (Å²) in [6.45, 7) is 3.67. The number of hydrogen-bond acceptors (Lipinski definition) is 6. The molecule has 0 atom stereocenters. The molecule has 1 heterocycles. The second kappa shape index (κ2) is 11.3. The fourth-order valence-electron chi connectivity index (χ4n) is 2.86. The summed E-state index contributed by atoms with van der Waals surface area (Å²) < 4.78 is 15.4. The molecule has 8 nitrogen and oxygen atoms in total. The van der Waals surface area contributed by atoms with Gasteiger partial charge in [0.1, 0.15) is 11.5 Å². The van der Waals surface area contributed by atoms with Crippen LogP contribution in [-0.2, 0) is 14.3 Å². The van der Waals surface area contributed by atoms with Crippen molar-refractivity contribution in [1.29, 1.82) is 0 Å². The molecule has 0 unspecified atom stereocenters. The van der Waals surface area contributed by atoms with Crippen molar-refractivity contribution >= 4 is 35.3 Å². The first-order chi connectivity index (χ1) is 14.0. The van der Waals surface area contributed by atoms with E-state index in [9.17, 15) is 9.59 Å². The first-order valence-corrected chi connectivity index (χ1v) is 9.83. The third kappa shape index (κ3) is 6.35. The summed E-state index contributed by atoms with van der Waals surface area (Å²) in [4.78, 5) is 24.1. The maximum atomic E-state index is 12.7. The number of rotatable bonds is 8. The molecule has 1 aromatic carbocycles. The number of hydrazine groups is 1. The van der Waals surface area contributed by atoms with Gasteiger partial charge in [-0.15, -0.1) is 0 Å². The molecule has 0 saturated carbocycles. The Labute approximate surface area is 176 Å². The molecule has 1 aliphatic heterocycles. The smallest absolute Gasteiger partial charge is 0.307 e. The van der Waals surface area contributed by atoms with Crippen LogP contribution in [0, 0.1) is 0 Å². The summed E-state index contributed by atoms with van der Waals surface area (Å²) in [5.41, 5.74) is 0.737. The summed E-state index contributed by atoms with van der Waals surface area (Å²) in [5, 5.41) is 6.72. The SMILES string of the molecule is CCOC(=O)CCNC(=S)N1CCCN1C(=O)/C=C/c1cc(OC)ccc1OC. The van der Waals surface area contributed by atoms with Gasteiger partial charge in [0.25, 0.3) is 5.91 Å². The number of carbonyl (C=O) groups is 2. The minimum absolute atomic E-state index is 0.193. The molecular formula is C20H27N3O5S. The van der Waals surface area contributed by atoms with Crippen LogP contribution in [0.1, 0.15) is 25.3 Å². The quantitative estimate of drug-likeness (QED) is 0.388. The van der Waals surface area contributed by atoms with E-state index in [0.717, 1.165) is 12.0 Å². The fourth-order valence-corrected chi connectivity index (χ4v) is 3.16. The van der Waals surface area contributed by atoms with Gasteiger partial charge in [0.15, 0.2) is 5.11 Å². The summed E-state index contributed by atoms with van der Waals surface area (Å²) in [7, 11) is 3.15. The molecule has 2 rings (SSSR count). The topological polar surface area (TPSA) is 80.3 Å². The standard InChI is InChI=1S/C20H27N3O5S/c1-4-28-19(25)10-11-21-20(29)23-13-5-12-22(23)18(24)9-6-15-14-16(26-2)7-8-17(15)27-3/h6-9,14H,4-5,10-13H2,1-3H3,(H,21,29)/b9-6+. The Bertz CT molecular complexity index is 768. The number of thiocarbonyl (C=S) groups is 1. The maximum absolute atomic E-state index is 12.7. The minimum atomic E-state index is -0.285. The predicted octanol–water partition coefficient (Wildman–Crippen LogP) is 1.99. The number of benzene rings is 1. The second-order valence-corrected chi connectivity index (χ2v) is 6.55.